The van der Waals surface area contributed by atoms with E-state index in [2.05, 4.69) is 91.0 Å². The minimum Gasteiger partial charge on any atom is -0.404 e. The molecular formula is C25H28O2Si. The van der Waals surface area contributed by atoms with Gasteiger partial charge in [-0.2, -0.15) is 0 Å². The lowest BCUT2D eigenvalue weighted by Gasteiger charge is -2.33. The fraction of sp³-hybridized carbons (Fsp3) is 0.240. The molecule has 0 atom stereocenters. The third-order valence-corrected chi connectivity index (χ3v) is 9.11. The normalized spacial score (nSPS) is 11.3. The predicted octanol–water partition coefficient (Wildman–Crippen LogP) is 3.82. The summed E-state index contributed by atoms with van der Waals surface area (Å²) in [5.74, 6) is 0.266. The summed E-state index contributed by atoms with van der Waals surface area (Å²) >= 11 is 0. The van der Waals surface area contributed by atoms with Crippen molar-refractivity contribution < 1.29 is 9.22 Å². The molecule has 2 nitrogen and oxygen atoms in total. The molecule has 0 aliphatic rings. The lowest BCUT2D eigenvalue weighted by atomic mass is 10.1. The van der Waals surface area contributed by atoms with Crippen molar-refractivity contribution in [3.63, 3.8) is 0 Å². The lowest BCUT2D eigenvalue weighted by Crippen LogP contribution is -2.69. The van der Waals surface area contributed by atoms with Gasteiger partial charge in [-0.25, -0.2) is 0 Å². The van der Waals surface area contributed by atoms with Crippen molar-refractivity contribution in [1.82, 2.24) is 0 Å². The summed E-state index contributed by atoms with van der Waals surface area (Å²) in [6.07, 6.45) is 3.59. The standard InChI is InChI=1S/C25H28O2Si/c1-22(26)14-6-5-13-21-27-28(23-15-7-2-8-16-23,24-17-9-3-10-18-24)25-19-11-4-12-20-25/h2-4,7-12,15-20H,5-6,13-14,21H2,1H3. The largest absolute Gasteiger partial charge is 0.404 e. The maximum Gasteiger partial charge on any atom is 0.288 e. The van der Waals surface area contributed by atoms with Gasteiger partial charge >= 0.3 is 0 Å². The number of rotatable bonds is 10. The van der Waals surface area contributed by atoms with Gasteiger partial charge in [0.25, 0.3) is 8.32 Å². The van der Waals surface area contributed by atoms with Crippen molar-refractivity contribution in [2.75, 3.05) is 6.61 Å². The first-order chi connectivity index (χ1) is 13.7. The van der Waals surface area contributed by atoms with Crippen LogP contribution in [0, 0.1) is 0 Å². The van der Waals surface area contributed by atoms with Crippen LogP contribution >= 0.6 is 0 Å². The third kappa shape index (κ3) is 4.86. The summed E-state index contributed by atoms with van der Waals surface area (Å²) in [4.78, 5) is 11.2. The van der Waals surface area contributed by atoms with Gasteiger partial charge in [-0.05, 0) is 35.3 Å². The Balaban J connectivity index is 1.94. The molecule has 3 aromatic rings. The van der Waals surface area contributed by atoms with Crippen LogP contribution in [0.15, 0.2) is 91.0 Å². The van der Waals surface area contributed by atoms with Crippen LogP contribution in [0.1, 0.15) is 32.6 Å². The SMILES string of the molecule is CC(=O)CCCCCO[Si](c1ccccc1)(c1ccccc1)c1ccccc1. The Labute approximate surface area is 169 Å². The molecule has 0 spiro atoms. The van der Waals surface area contributed by atoms with Crippen LogP contribution < -0.4 is 15.6 Å². The number of unbranched alkanes of at least 4 members (excludes halogenated alkanes) is 2. The summed E-state index contributed by atoms with van der Waals surface area (Å²) in [6, 6.07) is 31.9. The zero-order chi connectivity index (χ0) is 19.7. The first-order valence-corrected chi connectivity index (χ1v) is 11.9. The van der Waals surface area contributed by atoms with E-state index >= 15 is 0 Å². The van der Waals surface area contributed by atoms with Crippen LogP contribution in [0.3, 0.4) is 0 Å². The van der Waals surface area contributed by atoms with Crippen LogP contribution in [-0.2, 0) is 9.22 Å². The van der Waals surface area contributed by atoms with Crippen LogP contribution in [0.25, 0.3) is 0 Å². The van der Waals surface area contributed by atoms with Crippen molar-refractivity contribution in [3.05, 3.63) is 91.0 Å². The highest BCUT2D eigenvalue weighted by Gasteiger charge is 2.41. The summed E-state index contributed by atoms with van der Waals surface area (Å²) < 4.78 is 6.85. The quantitative estimate of drug-likeness (QED) is 0.300. The molecule has 28 heavy (non-hydrogen) atoms. The van der Waals surface area contributed by atoms with Gasteiger partial charge in [-0.3, -0.25) is 0 Å². The van der Waals surface area contributed by atoms with E-state index in [9.17, 15) is 4.79 Å². The van der Waals surface area contributed by atoms with Gasteiger partial charge in [0.15, 0.2) is 0 Å². The fourth-order valence-electron chi connectivity index (χ4n) is 3.65. The molecule has 0 bridgehead atoms. The summed E-state index contributed by atoms with van der Waals surface area (Å²) in [6.45, 7) is 2.36. The van der Waals surface area contributed by atoms with Gasteiger partial charge in [0, 0.05) is 13.0 Å². The molecule has 0 amide bonds. The van der Waals surface area contributed by atoms with Gasteiger partial charge in [0.1, 0.15) is 5.78 Å². The Morgan fingerprint density at radius 2 is 1.11 bits per heavy atom. The monoisotopic (exact) mass is 388 g/mol. The predicted molar refractivity (Wildman–Crippen MR) is 119 cm³/mol. The molecule has 0 radical (unpaired) electrons. The number of hydrogen-bond donors (Lipinski definition) is 0. The minimum atomic E-state index is -2.57. The average Bonchev–Trinajstić information content (AvgIpc) is 2.75. The van der Waals surface area contributed by atoms with E-state index in [0.717, 1.165) is 19.3 Å². The molecule has 144 valence electrons. The summed E-state index contributed by atoms with van der Waals surface area (Å²) in [5.41, 5.74) is 0. The molecule has 3 aromatic carbocycles. The lowest BCUT2D eigenvalue weighted by molar-refractivity contribution is -0.117. The van der Waals surface area contributed by atoms with Gasteiger partial charge in [-0.1, -0.05) is 97.4 Å². The molecule has 0 N–H and O–H groups in total. The Kier molecular flexibility index (Phi) is 7.35. The molecule has 3 rings (SSSR count). The molecule has 0 saturated heterocycles. The zero-order valence-electron chi connectivity index (χ0n) is 16.5. The first-order valence-electron chi connectivity index (χ1n) is 10.0. The molecule has 0 fully saturated rings. The van der Waals surface area contributed by atoms with Crippen LogP contribution in [0.4, 0.5) is 0 Å². The number of ketones is 1. The maximum atomic E-state index is 11.2. The average molecular weight is 389 g/mol. The molecule has 0 aromatic heterocycles. The number of carbonyl (C=O) groups excluding carboxylic acids is 1. The smallest absolute Gasteiger partial charge is 0.288 e. The Bertz CT molecular complexity index is 751. The molecule has 0 saturated carbocycles. The highest BCUT2D eigenvalue weighted by atomic mass is 28.4. The van der Waals surface area contributed by atoms with Gasteiger partial charge in [-0.15, -0.1) is 0 Å². The van der Waals surface area contributed by atoms with Crippen LogP contribution in [0.5, 0.6) is 0 Å². The summed E-state index contributed by atoms with van der Waals surface area (Å²) in [7, 11) is -2.57. The highest BCUT2D eigenvalue weighted by Crippen LogP contribution is 2.11. The number of benzene rings is 3. The fourth-order valence-corrected chi connectivity index (χ4v) is 7.58. The van der Waals surface area contributed by atoms with Crippen LogP contribution in [-0.4, -0.2) is 20.7 Å². The van der Waals surface area contributed by atoms with E-state index in [0.29, 0.717) is 13.0 Å². The van der Waals surface area contributed by atoms with Crippen LogP contribution in [0.2, 0.25) is 0 Å². The number of hydrogen-bond acceptors (Lipinski definition) is 2. The topological polar surface area (TPSA) is 26.3 Å². The molecule has 0 unspecified atom stereocenters. The van der Waals surface area contributed by atoms with Gasteiger partial charge in [0.05, 0.1) is 0 Å². The van der Waals surface area contributed by atoms with Crippen molar-refractivity contribution >= 4 is 29.7 Å². The second-order valence-electron chi connectivity index (χ2n) is 7.14. The Morgan fingerprint density at radius 1 is 0.679 bits per heavy atom. The summed E-state index contributed by atoms with van der Waals surface area (Å²) in [5, 5.41) is 3.78. The first kappa shape index (κ1) is 20.2. The van der Waals surface area contributed by atoms with Crippen molar-refractivity contribution in [1.29, 1.82) is 0 Å². The van der Waals surface area contributed by atoms with E-state index < -0.39 is 8.32 Å². The third-order valence-electron chi connectivity index (χ3n) is 5.03. The second kappa shape index (κ2) is 10.2. The van der Waals surface area contributed by atoms with E-state index in [1.54, 1.807) is 6.92 Å². The molecule has 3 heteroatoms. The van der Waals surface area contributed by atoms with Crippen molar-refractivity contribution in [2.24, 2.45) is 0 Å². The maximum absolute atomic E-state index is 11.2. The van der Waals surface area contributed by atoms with E-state index in [1.165, 1.54) is 15.6 Å². The van der Waals surface area contributed by atoms with Crippen molar-refractivity contribution in [3.8, 4) is 0 Å². The molecule has 0 aliphatic heterocycles. The Morgan fingerprint density at radius 3 is 1.50 bits per heavy atom. The molecule has 0 aliphatic carbocycles. The van der Waals surface area contributed by atoms with Gasteiger partial charge in [0.2, 0.25) is 0 Å². The van der Waals surface area contributed by atoms with E-state index in [-0.39, 0.29) is 5.78 Å². The molecule has 0 heterocycles. The highest BCUT2D eigenvalue weighted by molar-refractivity contribution is 7.07. The number of carbonyl (C=O) groups is 1. The van der Waals surface area contributed by atoms with Crippen molar-refractivity contribution in [2.45, 2.75) is 32.6 Å². The number of Topliss-reactive ketones (excluding diaryl/α,β-unsaturated/α-hetero) is 1. The second-order valence-corrected chi connectivity index (χ2v) is 10.5. The molecular weight excluding hydrogens is 360 g/mol. The van der Waals surface area contributed by atoms with E-state index in [1.807, 2.05) is 0 Å². The Hall–Kier alpha value is -2.49. The van der Waals surface area contributed by atoms with Gasteiger partial charge < -0.3 is 9.22 Å². The van der Waals surface area contributed by atoms with E-state index in [4.69, 9.17) is 4.43 Å². The minimum absolute atomic E-state index is 0.266. The zero-order valence-corrected chi connectivity index (χ0v) is 17.5.